The summed E-state index contributed by atoms with van der Waals surface area (Å²) >= 11 is 0. The number of hydrogen-bond donors (Lipinski definition) is 1. The summed E-state index contributed by atoms with van der Waals surface area (Å²) in [6.45, 7) is 7.14. The number of likely N-dealkylation sites (N-methyl/N-ethyl adjacent to an activating group) is 1. The molecule has 0 atom stereocenters. The van der Waals surface area contributed by atoms with Gasteiger partial charge in [-0.1, -0.05) is 12.8 Å². The van der Waals surface area contributed by atoms with Gasteiger partial charge in [-0.25, -0.2) is 0 Å². The minimum absolute atomic E-state index is 0.856. The first-order valence-corrected chi connectivity index (χ1v) is 5.94. The average molecular weight is 199 g/mol. The number of hydrogen-bond acceptors (Lipinski definition) is 3. The van der Waals surface area contributed by atoms with E-state index < -0.39 is 0 Å². The molecule has 1 heterocycles. The van der Waals surface area contributed by atoms with Crippen molar-refractivity contribution >= 4 is 0 Å². The van der Waals surface area contributed by atoms with Crippen LogP contribution in [0, 0.1) is 0 Å². The zero-order valence-corrected chi connectivity index (χ0v) is 9.54. The maximum Gasteiger partial charge on any atom is 0.0110 e. The van der Waals surface area contributed by atoms with Gasteiger partial charge in [0.05, 0.1) is 0 Å². The summed E-state index contributed by atoms with van der Waals surface area (Å²) in [6.07, 6.45) is 5.21. The molecular weight excluding hydrogens is 174 g/mol. The fraction of sp³-hybridized carbons (Fsp3) is 1.00. The van der Waals surface area contributed by atoms with Crippen LogP contribution >= 0.6 is 0 Å². The van der Waals surface area contributed by atoms with E-state index in [1.807, 2.05) is 0 Å². The molecular formula is C11H25N3. The Morgan fingerprint density at radius 3 is 2.21 bits per heavy atom. The summed E-state index contributed by atoms with van der Waals surface area (Å²) in [5.41, 5.74) is 5.45. The molecule has 0 saturated carbocycles. The lowest BCUT2D eigenvalue weighted by Crippen LogP contribution is -2.44. The van der Waals surface area contributed by atoms with Crippen molar-refractivity contribution in [3.63, 3.8) is 0 Å². The maximum absolute atomic E-state index is 5.45. The van der Waals surface area contributed by atoms with E-state index in [2.05, 4.69) is 16.8 Å². The van der Waals surface area contributed by atoms with Crippen LogP contribution < -0.4 is 5.73 Å². The number of nitrogens with zero attached hydrogens (tertiary/aromatic N) is 2. The van der Waals surface area contributed by atoms with Crippen molar-refractivity contribution in [2.75, 3.05) is 46.3 Å². The van der Waals surface area contributed by atoms with Gasteiger partial charge in [0.15, 0.2) is 0 Å². The molecule has 0 aliphatic carbocycles. The van der Waals surface area contributed by atoms with Gasteiger partial charge >= 0.3 is 0 Å². The summed E-state index contributed by atoms with van der Waals surface area (Å²) in [6, 6.07) is 0. The molecule has 1 fully saturated rings. The van der Waals surface area contributed by atoms with E-state index in [9.17, 15) is 0 Å². The molecule has 0 amide bonds. The van der Waals surface area contributed by atoms with Gasteiger partial charge < -0.3 is 15.5 Å². The second-order valence-electron chi connectivity index (χ2n) is 4.35. The summed E-state index contributed by atoms with van der Waals surface area (Å²) in [5.74, 6) is 0. The molecule has 1 saturated heterocycles. The predicted octanol–water partition coefficient (Wildman–Crippen LogP) is 0.753. The fourth-order valence-electron chi connectivity index (χ4n) is 1.90. The Labute approximate surface area is 88.2 Å². The van der Waals surface area contributed by atoms with Crippen LogP contribution in [0.2, 0.25) is 0 Å². The Hall–Kier alpha value is -0.120. The van der Waals surface area contributed by atoms with E-state index in [-0.39, 0.29) is 0 Å². The molecule has 1 rings (SSSR count). The molecule has 0 aromatic rings. The van der Waals surface area contributed by atoms with Crippen LogP contribution in [-0.2, 0) is 0 Å². The average Bonchev–Trinajstić information content (AvgIpc) is 2.21. The smallest absolute Gasteiger partial charge is 0.0110 e. The van der Waals surface area contributed by atoms with E-state index in [0.29, 0.717) is 0 Å². The van der Waals surface area contributed by atoms with Gasteiger partial charge in [-0.15, -0.1) is 0 Å². The predicted molar refractivity (Wildman–Crippen MR) is 61.5 cm³/mol. The lowest BCUT2D eigenvalue weighted by atomic mass is 10.2. The largest absolute Gasteiger partial charge is 0.330 e. The monoisotopic (exact) mass is 199 g/mol. The molecule has 0 spiro atoms. The quantitative estimate of drug-likeness (QED) is 0.641. The second-order valence-corrected chi connectivity index (χ2v) is 4.35. The molecule has 3 heteroatoms. The molecule has 0 aromatic carbocycles. The standard InChI is InChI=1S/C11H25N3/c1-13-8-10-14(11-9-13)7-5-3-2-4-6-12/h2-12H2,1H3. The third-order valence-electron chi connectivity index (χ3n) is 3.02. The molecule has 0 radical (unpaired) electrons. The van der Waals surface area contributed by atoms with Crippen LogP contribution in [0.5, 0.6) is 0 Å². The Balaban J connectivity index is 1.91. The van der Waals surface area contributed by atoms with E-state index >= 15 is 0 Å². The molecule has 1 aliphatic rings. The van der Waals surface area contributed by atoms with Crippen molar-refractivity contribution < 1.29 is 0 Å². The normalized spacial score (nSPS) is 20.1. The summed E-state index contributed by atoms with van der Waals surface area (Å²) in [4.78, 5) is 4.99. The zero-order valence-electron chi connectivity index (χ0n) is 9.54. The maximum atomic E-state index is 5.45. The summed E-state index contributed by atoms with van der Waals surface area (Å²) < 4.78 is 0. The molecule has 2 N–H and O–H groups in total. The zero-order chi connectivity index (χ0) is 10.2. The van der Waals surface area contributed by atoms with Crippen molar-refractivity contribution in [2.24, 2.45) is 5.73 Å². The van der Waals surface area contributed by atoms with Crippen molar-refractivity contribution in [3.05, 3.63) is 0 Å². The SMILES string of the molecule is CN1CCN(CCCCCCN)CC1. The summed E-state index contributed by atoms with van der Waals surface area (Å²) in [7, 11) is 2.21. The first-order valence-electron chi connectivity index (χ1n) is 5.94. The number of rotatable bonds is 6. The van der Waals surface area contributed by atoms with Gasteiger partial charge in [-0.05, 0) is 33.0 Å². The molecule has 3 nitrogen and oxygen atoms in total. The van der Waals surface area contributed by atoms with E-state index in [1.54, 1.807) is 0 Å². The highest BCUT2D eigenvalue weighted by atomic mass is 15.2. The van der Waals surface area contributed by atoms with Gasteiger partial charge in [-0.3, -0.25) is 0 Å². The van der Waals surface area contributed by atoms with Crippen LogP contribution in [0.4, 0.5) is 0 Å². The van der Waals surface area contributed by atoms with Crippen LogP contribution in [0.25, 0.3) is 0 Å². The van der Waals surface area contributed by atoms with Gasteiger partial charge in [0.25, 0.3) is 0 Å². The number of nitrogens with two attached hydrogens (primary N) is 1. The first kappa shape index (κ1) is 12.0. The Morgan fingerprint density at radius 2 is 1.57 bits per heavy atom. The highest BCUT2D eigenvalue weighted by Crippen LogP contribution is 2.04. The molecule has 0 unspecified atom stereocenters. The minimum Gasteiger partial charge on any atom is -0.330 e. The van der Waals surface area contributed by atoms with E-state index in [0.717, 1.165) is 6.54 Å². The number of piperazine rings is 1. The molecule has 0 aromatic heterocycles. The highest BCUT2D eigenvalue weighted by molar-refractivity contribution is 4.68. The van der Waals surface area contributed by atoms with Crippen molar-refractivity contribution in [2.45, 2.75) is 25.7 Å². The Bertz CT molecular complexity index is 130. The second kappa shape index (κ2) is 7.21. The van der Waals surface area contributed by atoms with E-state index in [4.69, 9.17) is 5.73 Å². The molecule has 0 bridgehead atoms. The van der Waals surface area contributed by atoms with Crippen molar-refractivity contribution in [1.82, 2.24) is 9.80 Å². The highest BCUT2D eigenvalue weighted by Gasteiger charge is 2.12. The topological polar surface area (TPSA) is 32.5 Å². The van der Waals surface area contributed by atoms with Crippen molar-refractivity contribution in [3.8, 4) is 0 Å². The van der Waals surface area contributed by atoms with Crippen molar-refractivity contribution in [1.29, 1.82) is 0 Å². The van der Waals surface area contributed by atoms with Gasteiger partial charge in [-0.2, -0.15) is 0 Å². The van der Waals surface area contributed by atoms with Gasteiger partial charge in [0.2, 0.25) is 0 Å². The third-order valence-corrected chi connectivity index (χ3v) is 3.02. The molecule has 14 heavy (non-hydrogen) atoms. The molecule has 1 aliphatic heterocycles. The molecule has 84 valence electrons. The fourth-order valence-corrected chi connectivity index (χ4v) is 1.90. The Morgan fingerprint density at radius 1 is 0.929 bits per heavy atom. The lowest BCUT2D eigenvalue weighted by Gasteiger charge is -2.32. The van der Waals surface area contributed by atoms with Crippen LogP contribution in [0.3, 0.4) is 0 Å². The van der Waals surface area contributed by atoms with Crippen LogP contribution in [-0.4, -0.2) is 56.1 Å². The van der Waals surface area contributed by atoms with E-state index in [1.165, 1.54) is 58.4 Å². The van der Waals surface area contributed by atoms with Gasteiger partial charge in [0, 0.05) is 26.2 Å². The van der Waals surface area contributed by atoms with Crippen LogP contribution in [0.1, 0.15) is 25.7 Å². The van der Waals surface area contributed by atoms with Crippen LogP contribution in [0.15, 0.2) is 0 Å². The first-order chi connectivity index (χ1) is 6.83. The Kier molecular flexibility index (Phi) is 6.15. The lowest BCUT2D eigenvalue weighted by molar-refractivity contribution is 0.152. The summed E-state index contributed by atoms with van der Waals surface area (Å²) in [5, 5.41) is 0. The van der Waals surface area contributed by atoms with Gasteiger partial charge in [0.1, 0.15) is 0 Å². The third kappa shape index (κ3) is 4.94. The minimum atomic E-state index is 0.856. The number of unbranched alkanes of at least 4 members (excludes halogenated alkanes) is 3.